The van der Waals surface area contributed by atoms with Gasteiger partial charge in [0.2, 0.25) is 0 Å². The number of likely N-dealkylation sites (N-methyl/N-ethyl adjacent to an activating group) is 1. The van der Waals surface area contributed by atoms with Crippen LogP contribution >= 0.6 is 15.9 Å². The van der Waals surface area contributed by atoms with Crippen LogP contribution in [0.2, 0.25) is 0 Å². The first kappa shape index (κ1) is 17.9. The van der Waals surface area contributed by atoms with Gasteiger partial charge in [0.15, 0.2) is 0 Å². The maximum atomic E-state index is 12.6. The summed E-state index contributed by atoms with van der Waals surface area (Å²) in [6.45, 7) is 6.58. The average Bonchev–Trinajstić information content (AvgIpc) is 2.91. The molecule has 0 unspecified atom stereocenters. The van der Waals surface area contributed by atoms with Gasteiger partial charge in [-0.05, 0) is 79.8 Å². The SMILES string of the molecule is CCN(CC)C(=O)Nn1c(Br)c2c3c(cccc31)[C@H]1CCCN(C)[C@@H]1C2. The first-order valence-corrected chi connectivity index (χ1v) is 10.4. The molecule has 2 aliphatic rings. The summed E-state index contributed by atoms with van der Waals surface area (Å²) < 4.78 is 2.92. The smallest absolute Gasteiger partial charge is 0.324 e. The number of piperidine rings is 1. The second kappa shape index (κ2) is 6.89. The van der Waals surface area contributed by atoms with Crippen LogP contribution in [-0.2, 0) is 6.42 Å². The molecule has 2 aromatic rings. The number of rotatable bonds is 3. The first-order chi connectivity index (χ1) is 12.6. The van der Waals surface area contributed by atoms with Gasteiger partial charge in [-0.25, -0.2) is 14.9 Å². The minimum absolute atomic E-state index is 0.0571. The van der Waals surface area contributed by atoms with Crippen LogP contribution in [0.1, 0.15) is 43.7 Å². The number of carbonyl (C=O) groups excluding carboxylic acids is 1. The van der Waals surface area contributed by atoms with Gasteiger partial charge in [-0.2, -0.15) is 0 Å². The highest BCUT2D eigenvalue weighted by molar-refractivity contribution is 9.10. The topological polar surface area (TPSA) is 40.5 Å². The van der Waals surface area contributed by atoms with Crippen molar-refractivity contribution in [2.24, 2.45) is 0 Å². The molecule has 0 saturated carbocycles. The molecule has 140 valence electrons. The minimum atomic E-state index is -0.0571. The van der Waals surface area contributed by atoms with Gasteiger partial charge in [0.05, 0.1) is 5.52 Å². The third-order valence-corrected chi connectivity index (χ3v) is 7.02. The molecular weight excluding hydrogens is 392 g/mol. The number of likely N-dealkylation sites (tertiary alicyclic amines) is 1. The number of halogens is 1. The zero-order valence-corrected chi connectivity index (χ0v) is 17.3. The number of nitrogens with one attached hydrogen (secondary N) is 1. The second-order valence-electron chi connectivity index (χ2n) is 7.44. The Morgan fingerprint density at radius 1 is 1.35 bits per heavy atom. The predicted molar refractivity (Wildman–Crippen MR) is 109 cm³/mol. The van der Waals surface area contributed by atoms with Crippen molar-refractivity contribution >= 4 is 32.9 Å². The Bertz CT molecular complexity index is 842. The van der Waals surface area contributed by atoms with Crippen molar-refractivity contribution in [3.63, 3.8) is 0 Å². The molecule has 1 fully saturated rings. The summed E-state index contributed by atoms with van der Waals surface area (Å²) in [5, 5.41) is 1.33. The van der Waals surface area contributed by atoms with Gasteiger partial charge in [0.1, 0.15) is 4.60 Å². The van der Waals surface area contributed by atoms with Crippen molar-refractivity contribution < 1.29 is 4.79 Å². The molecule has 26 heavy (non-hydrogen) atoms. The van der Waals surface area contributed by atoms with Crippen molar-refractivity contribution in [1.29, 1.82) is 0 Å². The largest absolute Gasteiger partial charge is 0.336 e. The van der Waals surface area contributed by atoms with Gasteiger partial charge in [-0.1, -0.05) is 12.1 Å². The van der Waals surface area contributed by atoms with Crippen molar-refractivity contribution in [2.75, 3.05) is 32.1 Å². The Balaban J connectivity index is 1.80. The highest BCUT2D eigenvalue weighted by Crippen LogP contribution is 2.45. The fraction of sp³-hybridized carbons (Fsp3) is 0.550. The van der Waals surface area contributed by atoms with Crippen molar-refractivity contribution in [3.05, 3.63) is 33.9 Å². The average molecular weight is 419 g/mol. The monoisotopic (exact) mass is 418 g/mol. The highest BCUT2D eigenvalue weighted by atomic mass is 79.9. The van der Waals surface area contributed by atoms with Gasteiger partial charge < -0.3 is 9.80 Å². The van der Waals surface area contributed by atoms with E-state index >= 15 is 0 Å². The van der Waals surface area contributed by atoms with E-state index in [-0.39, 0.29) is 6.03 Å². The second-order valence-corrected chi connectivity index (χ2v) is 8.19. The number of benzene rings is 1. The van der Waals surface area contributed by atoms with E-state index < -0.39 is 0 Å². The van der Waals surface area contributed by atoms with Gasteiger partial charge in [-0.3, -0.25) is 0 Å². The molecule has 2 atom stereocenters. The van der Waals surface area contributed by atoms with E-state index in [9.17, 15) is 4.79 Å². The number of carbonyl (C=O) groups is 1. The molecule has 1 aliphatic heterocycles. The Morgan fingerprint density at radius 3 is 2.85 bits per heavy atom. The molecule has 0 bridgehead atoms. The van der Waals surface area contributed by atoms with Crippen LogP contribution in [0.15, 0.2) is 22.8 Å². The number of hydrogen-bond acceptors (Lipinski definition) is 2. The number of hydrogen-bond donors (Lipinski definition) is 1. The molecule has 1 aromatic heterocycles. The van der Waals surface area contributed by atoms with E-state index in [1.165, 1.54) is 35.9 Å². The molecule has 2 amide bonds. The third-order valence-electron chi connectivity index (χ3n) is 6.19. The summed E-state index contributed by atoms with van der Waals surface area (Å²) >= 11 is 3.79. The van der Waals surface area contributed by atoms with E-state index in [0.717, 1.165) is 16.5 Å². The van der Waals surface area contributed by atoms with E-state index in [1.807, 2.05) is 18.5 Å². The maximum Gasteiger partial charge on any atom is 0.336 e. The molecule has 6 heteroatoms. The molecule has 1 aromatic carbocycles. The van der Waals surface area contributed by atoms with Crippen molar-refractivity contribution in [2.45, 2.75) is 45.1 Å². The van der Waals surface area contributed by atoms with Crippen LogP contribution in [0.4, 0.5) is 4.79 Å². The Hall–Kier alpha value is -1.53. The van der Waals surface area contributed by atoms with Gasteiger partial charge >= 0.3 is 6.03 Å². The van der Waals surface area contributed by atoms with Gasteiger partial charge in [0.25, 0.3) is 0 Å². The Morgan fingerprint density at radius 2 is 2.12 bits per heavy atom. The molecule has 1 aliphatic carbocycles. The lowest BCUT2D eigenvalue weighted by Crippen LogP contribution is -2.44. The molecular formula is C20H27BrN4O. The number of urea groups is 1. The molecule has 4 rings (SSSR count). The van der Waals surface area contributed by atoms with Crippen molar-refractivity contribution in [3.8, 4) is 0 Å². The number of fused-ring (bicyclic) bond motifs is 2. The molecule has 0 radical (unpaired) electrons. The zero-order chi connectivity index (χ0) is 18.4. The van der Waals surface area contributed by atoms with Crippen LogP contribution in [0.3, 0.4) is 0 Å². The summed E-state index contributed by atoms with van der Waals surface area (Å²) in [6, 6.07) is 7.02. The molecule has 1 saturated heterocycles. The highest BCUT2D eigenvalue weighted by Gasteiger charge is 2.38. The molecule has 0 spiro atoms. The van der Waals surface area contributed by atoms with Crippen LogP contribution in [-0.4, -0.2) is 53.2 Å². The molecule has 2 heterocycles. The third kappa shape index (κ3) is 2.65. The number of aromatic nitrogens is 1. The number of nitrogens with zero attached hydrogens (tertiary/aromatic N) is 3. The van der Waals surface area contributed by atoms with Gasteiger partial charge in [-0.15, -0.1) is 0 Å². The minimum Gasteiger partial charge on any atom is -0.324 e. The van der Waals surface area contributed by atoms with E-state index in [2.05, 4.69) is 51.5 Å². The lowest BCUT2D eigenvalue weighted by Gasteiger charge is -2.42. The number of amides is 2. The van der Waals surface area contributed by atoms with Crippen LogP contribution < -0.4 is 5.43 Å². The molecule has 1 N–H and O–H groups in total. The first-order valence-electron chi connectivity index (χ1n) is 9.64. The van der Waals surface area contributed by atoms with E-state index in [1.54, 1.807) is 4.90 Å². The predicted octanol–water partition coefficient (Wildman–Crippen LogP) is 4.14. The zero-order valence-electron chi connectivity index (χ0n) is 15.8. The van der Waals surface area contributed by atoms with Crippen LogP contribution in [0.5, 0.6) is 0 Å². The normalized spacial score (nSPS) is 22.3. The summed E-state index contributed by atoms with van der Waals surface area (Å²) in [6.07, 6.45) is 3.54. The summed E-state index contributed by atoms with van der Waals surface area (Å²) in [7, 11) is 2.25. The van der Waals surface area contributed by atoms with E-state index in [0.29, 0.717) is 25.0 Å². The Kier molecular flexibility index (Phi) is 4.73. The fourth-order valence-electron chi connectivity index (χ4n) is 4.79. The molecule has 5 nitrogen and oxygen atoms in total. The maximum absolute atomic E-state index is 12.6. The fourth-order valence-corrected chi connectivity index (χ4v) is 5.43. The van der Waals surface area contributed by atoms with Crippen LogP contribution in [0.25, 0.3) is 10.9 Å². The standard InChI is InChI=1S/C20H27BrN4O/c1-4-24(5-2)20(26)22-25-16-10-6-8-14-13-9-7-11-23(3)17(13)12-15(18(14)16)19(25)21/h6,8,10,13,17H,4-5,7,9,11-12H2,1-3H3,(H,22,26)/t13-,17-/m1/s1. The quantitative estimate of drug-likeness (QED) is 0.813. The van der Waals surface area contributed by atoms with Crippen LogP contribution in [0, 0.1) is 0 Å². The van der Waals surface area contributed by atoms with Crippen molar-refractivity contribution in [1.82, 2.24) is 14.5 Å². The summed E-state index contributed by atoms with van der Waals surface area (Å²) in [5.74, 6) is 0.589. The summed E-state index contributed by atoms with van der Waals surface area (Å²) in [4.78, 5) is 16.9. The Labute approximate surface area is 163 Å². The lowest BCUT2D eigenvalue weighted by atomic mass is 9.75. The lowest BCUT2D eigenvalue weighted by molar-refractivity contribution is 0.157. The van der Waals surface area contributed by atoms with E-state index in [4.69, 9.17) is 0 Å². The summed E-state index contributed by atoms with van der Waals surface area (Å²) in [5.41, 5.74) is 6.96. The van der Waals surface area contributed by atoms with Gasteiger partial charge in [0, 0.05) is 30.4 Å².